The van der Waals surface area contributed by atoms with Crippen molar-refractivity contribution in [1.29, 1.82) is 0 Å². The summed E-state index contributed by atoms with van der Waals surface area (Å²) >= 11 is 0. The summed E-state index contributed by atoms with van der Waals surface area (Å²) in [7, 11) is 0. The maximum absolute atomic E-state index is 5.96. The summed E-state index contributed by atoms with van der Waals surface area (Å²) in [5, 5.41) is 0. The van der Waals surface area contributed by atoms with E-state index < -0.39 is 5.79 Å². The van der Waals surface area contributed by atoms with E-state index in [1.54, 1.807) is 0 Å². The molecule has 1 aliphatic rings. The van der Waals surface area contributed by atoms with Crippen LogP contribution in [0.25, 0.3) is 0 Å². The highest BCUT2D eigenvalue weighted by molar-refractivity contribution is 4.85. The fourth-order valence-corrected chi connectivity index (χ4v) is 2.14. The third-order valence-electron chi connectivity index (χ3n) is 2.81. The van der Waals surface area contributed by atoms with Crippen molar-refractivity contribution >= 4 is 0 Å². The number of ether oxygens (including phenoxy) is 3. The van der Waals surface area contributed by atoms with Gasteiger partial charge in [0, 0.05) is 26.1 Å². The lowest BCUT2D eigenvalue weighted by molar-refractivity contribution is -0.293. The largest absolute Gasteiger partial charge is 0.375 e. The Kier molecular flexibility index (Phi) is 5.22. The summed E-state index contributed by atoms with van der Waals surface area (Å²) < 4.78 is 17.6. The predicted molar refractivity (Wildman–Crippen MR) is 64.5 cm³/mol. The van der Waals surface area contributed by atoms with Gasteiger partial charge in [-0.2, -0.15) is 0 Å². The SMILES string of the molecule is CCCOC1(OCCC)CCOC(C)(C)C1. The normalized spacial score (nSPS) is 23.2. The van der Waals surface area contributed by atoms with Gasteiger partial charge >= 0.3 is 0 Å². The van der Waals surface area contributed by atoms with Gasteiger partial charge in [-0.25, -0.2) is 0 Å². The molecule has 1 rings (SSSR count). The Labute approximate surface area is 99.5 Å². The maximum atomic E-state index is 5.96. The van der Waals surface area contributed by atoms with Crippen LogP contribution in [0.2, 0.25) is 0 Å². The molecule has 0 aromatic rings. The second-order valence-electron chi connectivity index (χ2n) is 5.14. The molecule has 1 aliphatic heterocycles. The van der Waals surface area contributed by atoms with Crippen molar-refractivity contribution < 1.29 is 14.2 Å². The standard InChI is InChI=1S/C13H26O3/c1-5-8-15-13(16-9-6-2)7-10-14-12(3,4)11-13/h5-11H2,1-4H3. The van der Waals surface area contributed by atoms with E-state index in [0.29, 0.717) is 0 Å². The van der Waals surface area contributed by atoms with Crippen LogP contribution in [0.1, 0.15) is 53.4 Å². The van der Waals surface area contributed by atoms with E-state index in [-0.39, 0.29) is 5.60 Å². The quantitative estimate of drug-likeness (QED) is 0.656. The molecule has 3 nitrogen and oxygen atoms in total. The van der Waals surface area contributed by atoms with Crippen LogP contribution in [0.5, 0.6) is 0 Å². The van der Waals surface area contributed by atoms with Gasteiger partial charge < -0.3 is 14.2 Å². The zero-order valence-electron chi connectivity index (χ0n) is 11.2. The minimum Gasteiger partial charge on any atom is -0.375 e. The molecule has 0 bridgehead atoms. The zero-order chi connectivity index (χ0) is 12.1. The van der Waals surface area contributed by atoms with Crippen molar-refractivity contribution in [3.63, 3.8) is 0 Å². The molecule has 0 spiro atoms. The molecule has 0 aromatic carbocycles. The smallest absolute Gasteiger partial charge is 0.173 e. The summed E-state index contributed by atoms with van der Waals surface area (Å²) in [5.41, 5.74) is -0.139. The van der Waals surface area contributed by atoms with Gasteiger partial charge in [-0.05, 0) is 26.7 Å². The van der Waals surface area contributed by atoms with E-state index in [0.717, 1.165) is 45.5 Å². The molecule has 0 radical (unpaired) electrons. The Bertz CT molecular complexity index is 193. The molecule has 1 fully saturated rings. The van der Waals surface area contributed by atoms with Gasteiger partial charge in [-0.15, -0.1) is 0 Å². The Balaban J connectivity index is 2.61. The Morgan fingerprint density at radius 1 is 1.06 bits per heavy atom. The van der Waals surface area contributed by atoms with Crippen LogP contribution in [0.4, 0.5) is 0 Å². The first-order chi connectivity index (χ1) is 7.54. The lowest BCUT2D eigenvalue weighted by Crippen LogP contribution is -2.49. The third kappa shape index (κ3) is 4.04. The molecule has 0 amide bonds. The molecule has 1 saturated heterocycles. The molecular weight excluding hydrogens is 204 g/mol. The summed E-state index contributed by atoms with van der Waals surface area (Å²) in [6.45, 7) is 10.7. The number of rotatable bonds is 6. The Hall–Kier alpha value is -0.120. The molecule has 0 atom stereocenters. The van der Waals surface area contributed by atoms with Crippen LogP contribution in [0.15, 0.2) is 0 Å². The summed E-state index contributed by atoms with van der Waals surface area (Å²) in [6.07, 6.45) is 3.72. The van der Waals surface area contributed by atoms with Crippen molar-refractivity contribution in [2.45, 2.75) is 64.8 Å². The highest BCUT2D eigenvalue weighted by Gasteiger charge is 2.42. The van der Waals surface area contributed by atoms with Gasteiger partial charge in [0.25, 0.3) is 0 Å². The zero-order valence-corrected chi connectivity index (χ0v) is 11.2. The highest BCUT2D eigenvalue weighted by Crippen LogP contribution is 2.36. The van der Waals surface area contributed by atoms with E-state index in [4.69, 9.17) is 14.2 Å². The van der Waals surface area contributed by atoms with Crippen LogP contribution in [-0.2, 0) is 14.2 Å². The van der Waals surface area contributed by atoms with Crippen LogP contribution in [-0.4, -0.2) is 31.2 Å². The molecule has 0 aromatic heterocycles. The van der Waals surface area contributed by atoms with Crippen LogP contribution in [0, 0.1) is 0 Å². The summed E-state index contributed by atoms with van der Waals surface area (Å²) in [5.74, 6) is -0.409. The average molecular weight is 230 g/mol. The van der Waals surface area contributed by atoms with Crippen LogP contribution >= 0.6 is 0 Å². The second kappa shape index (κ2) is 5.99. The van der Waals surface area contributed by atoms with Gasteiger partial charge in [0.05, 0.1) is 12.2 Å². The molecular formula is C13H26O3. The summed E-state index contributed by atoms with van der Waals surface area (Å²) in [6, 6.07) is 0. The third-order valence-corrected chi connectivity index (χ3v) is 2.81. The molecule has 96 valence electrons. The van der Waals surface area contributed by atoms with E-state index in [1.807, 2.05) is 0 Å². The van der Waals surface area contributed by atoms with Crippen molar-refractivity contribution in [2.24, 2.45) is 0 Å². The average Bonchev–Trinajstić information content (AvgIpc) is 2.22. The van der Waals surface area contributed by atoms with Crippen molar-refractivity contribution in [3.05, 3.63) is 0 Å². The van der Waals surface area contributed by atoms with Crippen LogP contribution in [0.3, 0.4) is 0 Å². The molecule has 0 unspecified atom stereocenters. The minimum atomic E-state index is -0.409. The molecule has 0 aliphatic carbocycles. The molecule has 0 N–H and O–H groups in total. The fraction of sp³-hybridized carbons (Fsp3) is 1.00. The number of hydrogen-bond acceptors (Lipinski definition) is 3. The Morgan fingerprint density at radius 3 is 2.06 bits per heavy atom. The first-order valence-corrected chi connectivity index (χ1v) is 6.45. The molecule has 1 heterocycles. The predicted octanol–water partition coefficient (Wildman–Crippen LogP) is 3.12. The van der Waals surface area contributed by atoms with Crippen LogP contribution < -0.4 is 0 Å². The van der Waals surface area contributed by atoms with Crippen molar-refractivity contribution in [3.8, 4) is 0 Å². The van der Waals surface area contributed by atoms with Crippen molar-refractivity contribution in [1.82, 2.24) is 0 Å². The van der Waals surface area contributed by atoms with Crippen molar-refractivity contribution in [2.75, 3.05) is 19.8 Å². The Morgan fingerprint density at radius 2 is 1.62 bits per heavy atom. The molecule has 16 heavy (non-hydrogen) atoms. The second-order valence-corrected chi connectivity index (χ2v) is 5.14. The van der Waals surface area contributed by atoms with Gasteiger partial charge in [-0.1, -0.05) is 13.8 Å². The highest BCUT2D eigenvalue weighted by atomic mass is 16.7. The first kappa shape index (κ1) is 13.9. The van der Waals surface area contributed by atoms with Gasteiger partial charge in [0.15, 0.2) is 5.79 Å². The molecule has 3 heteroatoms. The maximum Gasteiger partial charge on any atom is 0.173 e. The van der Waals surface area contributed by atoms with Gasteiger partial charge in [0.2, 0.25) is 0 Å². The van der Waals surface area contributed by atoms with E-state index in [1.165, 1.54) is 0 Å². The van der Waals surface area contributed by atoms with E-state index in [2.05, 4.69) is 27.7 Å². The molecule has 0 saturated carbocycles. The minimum absolute atomic E-state index is 0.139. The topological polar surface area (TPSA) is 27.7 Å². The van der Waals surface area contributed by atoms with Gasteiger partial charge in [0.1, 0.15) is 0 Å². The lowest BCUT2D eigenvalue weighted by Gasteiger charge is -2.44. The van der Waals surface area contributed by atoms with Gasteiger partial charge in [-0.3, -0.25) is 0 Å². The first-order valence-electron chi connectivity index (χ1n) is 6.45. The van der Waals surface area contributed by atoms with E-state index >= 15 is 0 Å². The fourth-order valence-electron chi connectivity index (χ4n) is 2.14. The monoisotopic (exact) mass is 230 g/mol. The summed E-state index contributed by atoms with van der Waals surface area (Å²) in [4.78, 5) is 0. The lowest BCUT2D eigenvalue weighted by atomic mass is 9.92. The number of hydrogen-bond donors (Lipinski definition) is 0. The van der Waals surface area contributed by atoms with E-state index in [9.17, 15) is 0 Å².